The molecule has 5 heteroatoms. The molecule has 1 saturated carbocycles. The number of carbonyl (C=O) groups is 1. The van der Waals surface area contributed by atoms with Gasteiger partial charge in [0, 0.05) is 20.1 Å². The number of ether oxygens (including phenoxy) is 1. The molecule has 1 amide bonds. The first-order chi connectivity index (χ1) is 11.7. The van der Waals surface area contributed by atoms with Crippen molar-refractivity contribution < 1.29 is 9.53 Å². The Balaban J connectivity index is 1.83. The number of benzene rings is 1. The first kappa shape index (κ1) is 17.4. The van der Waals surface area contributed by atoms with Gasteiger partial charge in [-0.05, 0) is 37.0 Å². The Labute approximate surface area is 147 Å². The summed E-state index contributed by atoms with van der Waals surface area (Å²) in [7, 11) is 1.70. The molecule has 1 aliphatic carbocycles. The number of aromatic nitrogens is 1. The lowest BCUT2D eigenvalue weighted by Gasteiger charge is -2.06. The first-order valence-electron chi connectivity index (χ1n) is 8.84. The molecule has 1 fully saturated rings. The van der Waals surface area contributed by atoms with Gasteiger partial charge in [0.2, 0.25) is 5.91 Å². The molecule has 2 aromatic rings. The zero-order chi connectivity index (χ0) is 16.9. The van der Waals surface area contributed by atoms with Crippen molar-refractivity contribution in [3.8, 4) is 0 Å². The predicted octanol–water partition coefficient (Wildman–Crippen LogP) is 4.06. The Morgan fingerprint density at radius 2 is 2.17 bits per heavy atom. The standard InChI is InChI=1S/C19H26N2O2S/c1-14-7-9-16-17(13-14)24-19(21(16)11-12-23-2)20-18(22)10-8-15-5-3-4-6-15/h7,9,13,15H,3-6,8,10-12H2,1-2H3. The molecule has 0 spiro atoms. The molecule has 3 rings (SSSR count). The molecule has 1 aliphatic rings. The Morgan fingerprint density at radius 1 is 1.38 bits per heavy atom. The molecule has 1 aromatic carbocycles. The minimum absolute atomic E-state index is 0.0105. The van der Waals surface area contributed by atoms with Crippen molar-refractivity contribution in [1.29, 1.82) is 0 Å². The summed E-state index contributed by atoms with van der Waals surface area (Å²) in [5, 5.41) is 0. The summed E-state index contributed by atoms with van der Waals surface area (Å²) in [5.74, 6) is 0.742. The number of carbonyl (C=O) groups excluding carboxylic acids is 1. The van der Waals surface area contributed by atoms with Gasteiger partial charge in [-0.25, -0.2) is 0 Å². The third kappa shape index (κ3) is 4.14. The zero-order valence-corrected chi connectivity index (χ0v) is 15.4. The predicted molar refractivity (Wildman–Crippen MR) is 98.2 cm³/mol. The van der Waals surface area contributed by atoms with Gasteiger partial charge in [0.1, 0.15) is 0 Å². The van der Waals surface area contributed by atoms with Gasteiger partial charge < -0.3 is 9.30 Å². The molecule has 0 aliphatic heterocycles. The molecule has 0 bridgehead atoms. The Bertz CT molecular complexity index is 769. The van der Waals surface area contributed by atoms with Gasteiger partial charge in [-0.2, -0.15) is 4.99 Å². The van der Waals surface area contributed by atoms with E-state index >= 15 is 0 Å². The molecule has 0 atom stereocenters. The Kier molecular flexibility index (Phi) is 5.85. The summed E-state index contributed by atoms with van der Waals surface area (Å²) in [6.07, 6.45) is 6.77. The first-order valence-corrected chi connectivity index (χ1v) is 9.65. The normalized spacial score (nSPS) is 16.3. The van der Waals surface area contributed by atoms with Gasteiger partial charge in [0.05, 0.1) is 16.8 Å². The lowest BCUT2D eigenvalue weighted by Crippen LogP contribution is -2.19. The van der Waals surface area contributed by atoms with Gasteiger partial charge >= 0.3 is 0 Å². The minimum Gasteiger partial charge on any atom is -0.383 e. The van der Waals surface area contributed by atoms with Crippen LogP contribution in [0.3, 0.4) is 0 Å². The lowest BCUT2D eigenvalue weighted by atomic mass is 10.0. The highest BCUT2D eigenvalue weighted by Crippen LogP contribution is 2.28. The van der Waals surface area contributed by atoms with E-state index in [9.17, 15) is 4.79 Å². The zero-order valence-electron chi connectivity index (χ0n) is 14.6. The fraction of sp³-hybridized carbons (Fsp3) is 0.579. The van der Waals surface area contributed by atoms with Crippen LogP contribution in [0.2, 0.25) is 0 Å². The van der Waals surface area contributed by atoms with E-state index in [1.165, 1.54) is 35.9 Å². The molecular weight excluding hydrogens is 320 g/mol. The average Bonchev–Trinajstić information content (AvgIpc) is 3.18. The van der Waals surface area contributed by atoms with E-state index in [1.54, 1.807) is 18.4 Å². The van der Waals surface area contributed by atoms with Crippen molar-refractivity contribution in [1.82, 2.24) is 4.57 Å². The largest absolute Gasteiger partial charge is 0.383 e. The third-order valence-electron chi connectivity index (χ3n) is 4.82. The number of thiazole rings is 1. The Hall–Kier alpha value is -1.46. The molecule has 130 valence electrons. The molecule has 0 saturated heterocycles. The van der Waals surface area contributed by atoms with Crippen LogP contribution in [-0.4, -0.2) is 24.2 Å². The summed E-state index contributed by atoms with van der Waals surface area (Å²) >= 11 is 1.59. The maximum absolute atomic E-state index is 12.3. The minimum atomic E-state index is 0.0105. The van der Waals surface area contributed by atoms with Gasteiger partial charge in [-0.1, -0.05) is 43.1 Å². The SMILES string of the molecule is COCCn1c(=NC(=O)CCC2CCCC2)sc2cc(C)ccc21. The van der Waals surface area contributed by atoms with Gasteiger partial charge in [-0.3, -0.25) is 4.79 Å². The van der Waals surface area contributed by atoms with Crippen LogP contribution in [0.5, 0.6) is 0 Å². The number of rotatable bonds is 6. The summed E-state index contributed by atoms with van der Waals surface area (Å²) in [6, 6.07) is 6.37. The summed E-state index contributed by atoms with van der Waals surface area (Å²) in [5.41, 5.74) is 2.35. The second-order valence-electron chi connectivity index (χ2n) is 6.69. The maximum atomic E-state index is 12.3. The van der Waals surface area contributed by atoms with E-state index in [2.05, 4.69) is 34.7 Å². The van der Waals surface area contributed by atoms with Crippen molar-refractivity contribution in [2.45, 2.75) is 52.0 Å². The van der Waals surface area contributed by atoms with Crippen molar-refractivity contribution in [2.24, 2.45) is 10.9 Å². The van der Waals surface area contributed by atoms with Crippen molar-refractivity contribution in [2.75, 3.05) is 13.7 Å². The van der Waals surface area contributed by atoms with E-state index < -0.39 is 0 Å². The molecule has 1 heterocycles. The number of aryl methyl sites for hydroxylation is 1. The Morgan fingerprint density at radius 3 is 2.92 bits per heavy atom. The fourth-order valence-electron chi connectivity index (χ4n) is 3.45. The van der Waals surface area contributed by atoms with Gasteiger partial charge in [0.25, 0.3) is 0 Å². The number of fused-ring (bicyclic) bond motifs is 1. The number of hydrogen-bond donors (Lipinski definition) is 0. The van der Waals surface area contributed by atoms with Crippen LogP contribution in [0, 0.1) is 12.8 Å². The number of nitrogens with zero attached hydrogens (tertiary/aromatic N) is 2. The summed E-state index contributed by atoms with van der Waals surface area (Å²) < 4.78 is 8.50. The van der Waals surface area contributed by atoms with Crippen LogP contribution in [-0.2, 0) is 16.1 Å². The van der Waals surface area contributed by atoms with Gasteiger partial charge in [0.15, 0.2) is 4.80 Å². The average molecular weight is 346 g/mol. The molecule has 4 nitrogen and oxygen atoms in total. The highest BCUT2D eigenvalue weighted by molar-refractivity contribution is 7.16. The van der Waals surface area contributed by atoms with Crippen molar-refractivity contribution >= 4 is 27.5 Å². The van der Waals surface area contributed by atoms with Crippen LogP contribution >= 0.6 is 11.3 Å². The highest BCUT2D eigenvalue weighted by atomic mass is 32.1. The van der Waals surface area contributed by atoms with E-state index in [1.807, 2.05) is 0 Å². The van der Waals surface area contributed by atoms with Crippen molar-refractivity contribution in [3.05, 3.63) is 28.6 Å². The van der Waals surface area contributed by atoms with E-state index in [0.29, 0.717) is 19.6 Å². The molecule has 1 aromatic heterocycles. The monoisotopic (exact) mass is 346 g/mol. The van der Waals surface area contributed by atoms with Crippen LogP contribution in [0.1, 0.15) is 44.1 Å². The van der Waals surface area contributed by atoms with E-state index in [4.69, 9.17) is 4.74 Å². The number of amides is 1. The van der Waals surface area contributed by atoms with E-state index in [-0.39, 0.29) is 5.91 Å². The second kappa shape index (κ2) is 8.08. The molecular formula is C19H26N2O2S. The van der Waals surface area contributed by atoms with Crippen molar-refractivity contribution in [3.63, 3.8) is 0 Å². The van der Waals surface area contributed by atoms with Crippen LogP contribution < -0.4 is 4.80 Å². The smallest absolute Gasteiger partial charge is 0.248 e. The van der Waals surface area contributed by atoms with Crippen LogP contribution in [0.4, 0.5) is 0 Å². The second-order valence-corrected chi connectivity index (χ2v) is 7.70. The summed E-state index contributed by atoms with van der Waals surface area (Å²) in [4.78, 5) is 17.6. The molecule has 0 unspecified atom stereocenters. The number of methoxy groups -OCH3 is 1. The quantitative estimate of drug-likeness (QED) is 0.792. The van der Waals surface area contributed by atoms with Crippen LogP contribution in [0.15, 0.2) is 23.2 Å². The highest BCUT2D eigenvalue weighted by Gasteiger charge is 2.16. The molecule has 0 N–H and O–H groups in total. The van der Waals surface area contributed by atoms with E-state index in [0.717, 1.165) is 22.7 Å². The lowest BCUT2D eigenvalue weighted by molar-refractivity contribution is -0.118. The van der Waals surface area contributed by atoms with Gasteiger partial charge in [-0.15, -0.1) is 0 Å². The maximum Gasteiger partial charge on any atom is 0.248 e. The topological polar surface area (TPSA) is 43.6 Å². The van der Waals surface area contributed by atoms with Crippen LogP contribution in [0.25, 0.3) is 10.2 Å². The fourth-order valence-corrected chi connectivity index (χ4v) is 4.63. The molecule has 24 heavy (non-hydrogen) atoms. The summed E-state index contributed by atoms with van der Waals surface area (Å²) in [6.45, 7) is 3.42. The number of hydrogen-bond acceptors (Lipinski definition) is 3. The third-order valence-corrected chi connectivity index (χ3v) is 5.86. The molecule has 0 radical (unpaired) electrons.